The molecule has 1 fully saturated rings. The zero-order valence-corrected chi connectivity index (χ0v) is 15.3. The van der Waals surface area contributed by atoms with E-state index in [1.54, 1.807) is 13.3 Å². The highest BCUT2D eigenvalue weighted by Crippen LogP contribution is 2.21. The highest BCUT2D eigenvalue weighted by atomic mass is 32.2. The molecule has 0 spiro atoms. The van der Waals surface area contributed by atoms with E-state index in [1.165, 1.54) is 57.3 Å². The number of benzene rings is 1. The van der Waals surface area contributed by atoms with Gasteiger partial charge < -0.3 is 15.5 Å². The highest BCUT2D eigenvalue weighted by Gasteiger charge is 2.09. The van der Waals surface area contributed by atoms with Crippen LogP contribution in [0.4, 0.5) is 0 Å². The monoisotopic (exact) mass is 348 g/mol. The van der Waals surface area contributed by atoms with Crippen molar-refractivity contribution in [3.05, 3.63) is 24.3 Å². The fraction of sp³-hybridized carbons (Fsp3) is 0.556. The van der Waals surface area contributed by atoms with E-state index in [9.17, 15) is 0 Å². The van der Waals surface area contributed by atoms with Gasteiger partial charge >= 0.3 is 0 Å². The number of likely N-dealkylation sites (tertiary alicyclic amines) is 1. The summed E-state index contributed by atoms with van der Waals surface area (Å²) in [6.07, 6.45) is 9.05. The summed E-state index contributed by atoms with van der Waals surface area (Å²) in [6, 6.07) is 7.82. The lowest BCUT2D eigenvalue weighted by Gasteiger charge is -2.26. The van der Waals surface area contributed by atoms with Gasteiger partial charge in [0.25, 0.3) is 0 Å². The number of unbranched alkanes of at least 4 members (excludes halogenated alkanes) is 1. The Hall–Kier alpha value is -1.53. The first-order chi connectivity index (χ1) is 11.8. The van der Waals surface area contributed by atoms with Crippen LogP contribution in [0, 0.1) is 0 Å². The Bertz CT molecular complexity index is 524. The molecular formula is C18H28N4OS. The van der Waals surface area contributed by atoms with Crippen molar-refractivity contribution in [1.82, 2.24) is 4.90 Å². The summed E-state index contributed by atoms with van der Waals surface area (Å²) in [7, 11) is 1.66. The molecule has 0 radical (unpaired) electrons. The Morgan fingerprint density at radius 2 is 1.96 bits per heavy atom. The molecule has 2 rings (SSSR count). The average molecular weight is 349 g/mol. The normalized spacial score (nSPS) is 16.6. The molecule has 1 saturated heterocycles. The van der Waals surface area contributed by atoms with Crippen molar-refractivity contribution in [3.63, 3.8) is 0 Å². The van der Waals surface area contributed by atoms with Crippen molar-refractivity contribution in [2.75, 3.05) is 26.7 Å². The second-order valence-electron chi connectivity index (χ2n) is 5.98. The number of hydrogen-bond acceptors (Lipinski definition) is 6. The summed E-state index contributed by atoms with van der Waals surface area (Å²) in [4.78, 5) is 3.63. The number of nitrogens with zero attached hydrogens (tertiary/aromatic N) is 3. The Labute approximate surface area is 149 Å². The zero-order chi connectivity index (χ0) is 17.0. The predicted molar refractivity (Wildman–Crippen MR) is 103 cm³/mol. The molecule has 6 heteroatoms. The summed E-state index contributed by atoms with van der Waals surface area (Å²) in [5.74, 6) is 6.32. The minimum absolute atomic E-state index is 0.848. The van der Waals surface area contributed by atoms with Crippen LogP contribution in [0.3, 0.4) is 0 Å². The minimum Gasteiger partial charge on any atom is -0.497 e. The molecule has 0 bridgehead atoms. The van der Waals surface area contributed by atoms with E-state index in [0.717, 1.165) is 29.2 Å². The first-order valence-corrected chi connectivity index (χ1v) is 9.42. The van der Waals surface area contributed by atoms with E-state index in [2.05, 4.69) is 14.4 Å². The van der Waals surface area contributed by atoms with E-state index < -0.39 is 0 Å². The van der Waals surface area contributed by atoms with Crippen LogP contribution >= 0.6 is 11.9 Å². The molecule has 1 aromatic carbocycles. The molecule has 0 aliphatic carbocycles. The van der Waals surface area contributed by atoms with Crippen LogP contribution in [0.5, 0.6) is 5.75 Å². The molecule has 1 heterocycles. The van der Waals surface area contributed by atoms with Crippen molar-refractivity contribution < 1.29 is 4.74 Å². The number of methoxy groups -OCH3 is 1. The second-order valence-corrected chi connectivity index (χ2v) is 6.85. The SMILES string of the molecule is COc1ccc(S/N=C/C(CCCCN2CCCCC2)=N\N)cc1. The number of piperidine rings is 1. The largest absolute Gasteiger partial charge is 0.497 e. The molecule has 1 aliphatic heterocycles. The van der Waals surface area contributed by atoms with E-state index in [4.69, 9.17) is 10.6 Å². The first-order valence-electron chi connectivity index (χ1n) is 8.65. The van der Waals surface area contributed by atoms with Crippen molar-refractivity contribution in [1.29, 1.82) is 0 Å². The van der Waals surface area contributed by atoms with Crippen molar-refractivity contribution in [2.24, 2.45) is 15.3 Å². The number of ether oxygens (including phenoxy) is 1. The summed E-state index contributed by atoms with van der Waals surface area (Å²) >= 11 is 1.41. The van der Waals surface area contributed by atoms with Crippen LogP contribution in [0.1, 0.15) is 38.5 Å². The molecule has 1 aromatic rings. The third kappa shape index (κ3) is 6.93. The topological polar surface area (TPSA) is 63.2 Å². The number of nitrogens with two attached hydrogens (primary N) is 1. The van der Waals surface area contributed by atoms with Gasteiger partial charge in [-0.2, -0.15) is 5.10 Å². The average Bonchev–Trinajstić information content (AvgIpc) is 2.65. The van der Waals surface area contributed by atoms with Gasteiger partial charge in [0.1, 0.15) is 5.75 Å². The Balaban J connectivity index is 1.65. The maximum Gasteiger partial charge on any atom is 0.118 e. The quantitative estimate of drug-likeness (QED) is 0.243. The van der Waals surface area contributed by atoms with Gasteiger partial charge in [0.2, 0.25) is 0 Å². The van der Waals surface area contributed by atoms with E-state index in [0.29, 0.717) is 0 Å². The lowest BCUT2D eigenvalue weighted by Crippen LogP contribution is -2.30. The number of hydrogen-bond donors (Lipinski definition) is 1. The minimum atomic E-state index is 0.848. The molecule has 24 heavy (non-hydrogen) atoms. The molecule has 0 aromatic heterocycles. The van der Waals surface area contributed by atoms with Crippen molar-refractivity contribution in [2.45, 2.75) is 43.4 Å². The van der Waals surface area contributed by atoms with Crippen LogP contribution in [0.25, 0.3) is 0 Å². The molecular weight excluding hydrogens is 320 g/mol. The van der Waals surface area contributed by atoms with Crippen LogP contribution < -0.4 is 10.6 Å². The third-order valence-corrected chi connectivity index (χ3v) is 4.88. The predicted octanol–water partition coefficient (Wildman–Crippen LogP) is 3.74. The van der Waals surface area contributed by atoms with Crippen LogP contribution in [0.2, 0.25) is 0 Å². The van der Waals surface area contributed by atoms with E-state index in [1.807, 2.05) is 24.3 Å². The third-order valence-electron chi connectivity index (χ3n) is 4.19. The van der Waals surface area contributed by atoms with Gasteiger partial charge in [-0.1, -0.05) is 6.42 Å². The van der Waals surface area contributed by atoms with Gasteiger partial charge in [0.15, 0.2) is 0 Å². The fourth-order valence-electron chi connectivity index (χ4n) is 2.77. The van der Waals surface area contributed by atoms with Crippen molar-refractivity contribution >= 4 is 23.9 Å². The Kier molecular flexibility index (Phi) is 8.70. The smallest absolute Gasteiger partial charge is 0.118 e. The van der Waals surface area contributed by atoms with E-state index >= 15 is 0 Å². The molecule has 2 N–H and O–H groups in total. The lowest BCUT2D eigenvalue weighted by molar-refractivity contribution is 0.225. The molecule has 132 valence electrons. The van der Waals surface area contributed by atoms with Gasteiger partial charge in [0, 0.05) is 16.8 Å². The maximum atomic E-state index is 5.48. The summed E-state index contributed by atoms with van der Waals surface area (Å²) in [5.41, 5.74) is 0.856. The van der Waals surface area contributed by atoms with Crippen molar-refractivity contribution in [3.8, 4) is 5.75 Å². The van der Waals surface area contributed by atoms with Crippen LogP contribution in [-0.4, -0.2) is 43.6 Å². The summed E-state index contributed by atoms with van der Waals surface area (Å²) in [5, 5.41) is 3.85. The summed E-state index contributed by atoms with van der Waals surface area (Å²) in [6.45, 7) is 3.71. The van der Waals surface area contributed by atoms with Gasteiger partial charge in [0.05, 0.1) is 19.0 Å². The van der Waals surface area contributed by atoms with Crippen LogP contribution in [0.15, 0.2) is 38.7 Å². The molecule has 0 saturated carbocycles. The van der Waals surface area contributed by atoms with Gasteiger partial charge in [-0.3, -0.25) is 0 Å². The van der Waals surface area contributed by atoms with Gasteiger partial charge in [-0.15, -0.1) is 0 Å². The standard InChI is InChI=1S/C18H28N4OS/c1-23-17-8-10-18(11-9-17)24-20-15-16(21-19)7-3-6-14-22-12-4-2-5-13-22/h8-11,15H,2-7,12-14,19H2,1H3/b20-15+,21-16-. The molecule has 5 nitrogen and oxygen atoms in total. The number of rotatable bonds is 9. The highest BCUT2D eigenvalue weighted by molar-refractivity contribution is 7.98. The van der Waals surface area contributed by atoms with Crippen LogP contribution in [-0.2, 0) is 0 Å². The van der Waals surface area contributed by atoms with E-state index in [-0.39, 0.29) is 0 Å². The lowest BCUT2D eigenvalue weighted by atomic mass is 10.1. The summed E-state index contributed by atoms with van der Waals surface area (Å²) < 4.78 is 9.51. The Morgan fingerprint density at radius 1 is 1.21 bits per heavy atom. The second kappa shape index (κ2) is 11.1. The molecule has 0 atom stereocenters. The first kappa shape index (κ1) is 18.8. The van der Waals surface area contributed by atoms with Gasteiger partial charge in [-0.25, -0.2) is 4.40 Å². The maximum absolute atomic E-state index is 5.48. The Morgan fingerprint density at radius 3 is 2.62 bits per heavy atom. The van der Waals surface area contributed by atoms with Gasteiger partial charge in [-0.05, 0) is 76.0 Å². The number of hydrazone groups is 1. The molecule has 1 aliphatic rings. The molecule has 0 amide bonds. The fourth-order valence-corrected chi connectivity index (χ4v) is 3.33. The molecule has 0 unspecified atom stereocenters. The zero-order valence-electron chi connectivity index (χ0n) is 14.5.